The number of carbonyl (C=O) groups is 4. The van der Waals surface area contributed by atoms with Crippen LogP contribution in [0.3, 0.4) is 0 Å². The van der Waals surface area contributed by atoms with Gasteiger partial charge >= 0.3 is 0 Å². The molecule has 2 amide bonds. The van der Waals surface area contributed by atoms with Crippen LogP contribution in [0, 0.1) is 0 Å². The van der Waals surface area contributed by atoms with E-state index < -0.39 is 12.5 Å². The summed E-state index contributed by atoms with van der Waals surface area (Å²) < 4.78 is 33.4. The Kier molecular flexibility index (Phi) is 18.0. The summed E-state index contributed by atoms with van der Waals surface area (Å²) in [4.78, 5) is 43.9. The lowest BCUT2D eigenvalue weighted by Gasteiger charge is -2.08. The lowest BCUT2D eigenvalue weighted by Crippen LogP contribution is -2.33. The normalized spacial score (nSPS) is 11.4. The Labute approximate surface area is 174 Å². The number of amides is 2. The zero-order chi connectivity index (χ0) is 23.2. The summed E-state index contributed by atoms with van der Waals surface area (Å²) in [5.41, 5.74) is 0. The molecule has 3 N–H and O–H groups in total. The van der Waals surface area contributed by atoms with Gasteiger partial charge in [0.05, 0.1) is 39.6 Å². The first kappa shape index (κ1) is 23.4. The lowest BCUT2D eigenvalue weighted by atomic mass is 10.3. The second-order valence-electron chi connectivity index (χ2n) is 5.57. The summed E-state index contributed by atoms with van der Waals surface area (Å²) in [7, 11) is 0. The van der Waals surface area contributed by atoms with Crippen molar-refractivity contribution in [3.63, 3.8) is 0 Å². The van der Waals surface area contributed by atoms with Gasteiger partial charge in [0.25, 0.3) is 0 Å². The van der Waals surface area contributed by atoms with E-state index >= 15 is 0 Å². The Hall–Kier alpha value is -1.92. The zero-order valence-electron chi connectivity index (χ0n) is 18.7. The minimum atomic E-state index is -0.785. The van der Waals surface area contributed by atoms with Gasteiger partial charge in [-0.25, -0.2) is 0 Å². The highest BCUT2D eigenvalue weighted by Crippen LogP contribution is 1.83. The van der Waals surface area contributed by atoms with Crippen molar-refractivity contribution < 1.29 is 40.9 Å². The second-order valence-corrected chi connectivity index (χ2v) is 5.57. The highest BCUT2D eigenvalue weighted by molar-refractivity contribution is 5.76. The summed E-state index contributed by atoms with van der Waals surface area (Å²) in [5, 5.41) is 8.40. The van der Waals surface area contributed by atoms with Crippen LogP contribution in [-0.2, 0) is 38.1 Å². The Bertz CT molecular complexity index is 482. The molecule has 0 bridgehead atoms. The van der Waals surface area contributed by atoms with E-state index in [0.29, 0.717) is 39.4 Å². The molecular weight excluding hydrogens is 386 g/mol. The van der Waals surface area contributed by atoms with E-state index in [4.69, 9.17) is 21.7 Å². The molecule has 0 radical (unpaired) electrons. The van der Waals surface area contributed by atoms with Crippen molar-refractivity contribution in [3.8, 4) is 0 Å². The molecule has 0 aromatic rings. The average Bonchev–Trinajstić information content (AvgIpc) is 2.71. The van der Waals surface area contributed by atoms with Crippen LogP contribution in [0.5, 0.6) is 0 Å². The highest BCUT2D eigenvalue weighted by atomic mass is 16.5. The van der Waals surface area contributed by atoms with E-state index in [2.05, 4.69) is 16.0 Å². The van der Waals surface area contributed by atoms with Gasteiger partial charge in [-0.05, 0) is 0 Å². The van der Waals surface area contributed by atoms with Crippen molar-refractivity contribution in [2.75, 3.05) is 79.0 Å². The summed E-state index contributed by atoms with van der Waals surface area (Å²) >= 11 is 0. The number of carbonyl (C=O) groups excluding carboxylic acids is 4. The average molecular weight is 423 g/mol. The molecule has 0 aliphatic heterocycles. The lowest BCUT2D eigenvalue weighted by molar-refractivity contribution is -0.121. The quantitative estimate of drug-likeness (QED) is 0.134. The number of rotatable bonds is 22. The molecule has 0 saturated heterocycles. The van der Waals surface area contributed by atoms with Gasteiger partial charge in [0.2, 0.25) is 11.8 Å². The van der Waals surface area contributed by atoms with Crippen LogP contribution in [0.2, 0.25) is 0 Å². The van der Waals surface area contributed by atoms with E-state index in [1.165, 1.54) is 0 Å². The van der Waals surface area contributed by atoms with Crippen LogP contribution in [0.4, 0.5) is 0 Å². The van der Waals surface area contributed by atoms with E-state index in [1.807, 2.05) is 0 Å². The van der Waals surface area contributed by atoms with Crippen LogP contribution in [-0.4, -0.2) is 103 Å². The van der Waals surface area contributed by atoms with Gasteiger partial charge in [0.1, 0.15) is 28.5 Å². The Morgan fingerprint density at radius 3 is 1.48 bits per heavy atom. The summed E-state index contributed by atoms with van der Waals surface area (Å²) in [5.74, 6) is -0.269. The molecule has 0 aliphatic rings. The molecule has 0 saturated carbocycles. The molecule has 168 valence electrons. The summed E-state index contributed by atoms with van der Waals surface area (Å²) in [6.45, 7) is 2.73. The molecule has 29 heavy (non-hydrogen) atoms. The van der Waals surface area contributed by atoms with Gasteiger partial charge < -0.3 is 44.5 Å². The Morgan fingerprint density at radius 2 is 1.07 bits per heavy atom. The van der Waals surface area contributed by atoms with Crippen molar-refractivity contribution in [3.05, 3.63) is 0 Å². The molecule has 0 atom stereocenters. The van der Waals surface area contributed by atoms with Crippen molar-refractivity contribution >= 4 is 24.3 Å². The highest BCUT2D eigenvalue weighted by Gasteiger charge is 2.02. The van der Waals surface area contributed by atoms with Crippen molar-refractivity contribution in [2.24, 2.45) is 0 Å². The largest absolute Gasteiger partial charge is 0.377 e. The first-order valence-corrected chi connectivity index (χ1v) is 9.45. The molecule has 0 aromatic heterocycles. The third-order valence-electron chi connectivity index (χ3n) is 3.26. The molecule has 0 fully saturated rings. The topological polar surface area (TPSA) is 141 Å². The fourth-order valence-corrected chi connectivity index (χ4v) is 1.90. The molecule has 11 heteroatoms. The van der Waals surface area contributed by atoms with Crippen LogP contribution in [0.1, 0.15) is 15.6 Å². The van der Waals surface area contributed by atoms with E-state index in [1.54, 1.807) is 0 Å². The van der Waals surface area contributed by atoms with Gasteiger partial charge in [-0.15, -0.1) is 0 Å². The molecule has 0 rings (SSSR count). The van der Waals surface area contributed by atoms with Crippen LogP contribution < -0.4 is 16.0 Å². The zero-order valence-corrected chi connectivity index (χ0v) is 16.7. The van der Waals surface area contributed by atoms with Gasteiger partial charge in [-0.1, -0.05) is 0 Å². The number of hydrogen-bond acceptors (Lipinski definition) is 9. The molecule has 11 nitrogen and oxygen atoms in total. The summed E-state index contributed by atoms with van der Waals surface area (Å²) in [6.07, 6.45) is -1.02. The fourth-order valence-electron chi connectivity index (χ4n) is 1.90. The third-order valence-corrected chi connectivity index (χ3v) is 3.26. The van der Waals surface area contributed by atoms with Crippen molar-refractivity contribution in [2.45, 2.75) is 12.8 Å². The number of hydrogen-bond donors (Lipinski definition) is 3. The number of ether oxygens (including phenoxy) is 4. The smallest absolute Gasteiger partial charge is 0.221 e. The van der Waals surface area contributed by atoms with E-state index in [0.717, 1.165) is 0 Å². The molecule has 0 aliphatic carbocycles. The van der Waals surface area contributed by atoms with Gasteiger partial charge in [0, 0.05) is 39.0 Å². The Balaban J connectivity index is 3.33. The molecule has 0 heterocycles. The third kappa shape index (κ3) is 22.2. The predicted octanol–water partition coefficient (Wildman–Crippen LogP) is -1.95. The van der Waals surface area contributed by atoms with Gasteiger partial charge in [0.15, 0.2) is 0 Å². The first-order valence-electron chi connectivity index (χ1n) is 10.5. The Morgan fingerprint density at radius 1 is 0.655 bits per heavy atom. The molecule has 0 unspecified atom stereocenters. The SMILES string of the molecule is [3H]C(=O)COCCOCCNC(=O)CCNCCC(=O)NCCOCCOCC([3H])=O. The van der Waals surface area contributed by atoms with Crippen LogP contribution in [0.25, 0.3) is 0 Å². The summed E-state index contributed by atoms with van der Waals surface area (Å²) in [6, 6.07) is 0. The minimum Gasteiger partial charge on any atom is -0.377 e. The maximum Gasteiger partial charge on any atom is 0.221 e. The van der Waals surface area contributed by atoms with Crippen LogP contribution in [0.15, 0.2) is 0 Å². The van der Waals surface area contributed by atoms with E-state index in [9.17, 15) is 19.2 Å². The van der Waals surface area contributed by atoms with Gasteiger partial charge in [-0.3, -0.25) is 9.59 Å². The monoisotopic (exact) mass is 423 g/mol. The minimum absolute atomic E-state index is 0.134. The van der Waals surface area contributed by atoms with E-state index in [-0.39, 0.29) is 64.3 Å². The fraction of sp³-hybridized carbons (Fsp3) is 0.778. The molecule has 0 spiro atoms. The van der Waals surface area contributed by atoms with Crippen molar-refractivity contribution in [1.29, 1.82) is 0 Å². The maximum atomic E-state index is 11.6. The molecular formula is C18H33N3O8. The van der Waals surface area contributed by atoms with Gasteiger partial charge in [-0.2, -0.15) is 0 Å². The van der Waals surface area contributed by atoms with Crippen molar-refractivity contribution in [1.82, 2.24) is 16.0 Å². The molecule has 0 aromatic carbocycles. The second kappa shape index (κ2) is 22.4. The maximum absolute atomic E-state index is 11.6. The number of nitrogens with one attached hydrogen (secondary N) is 3. The number of aldehydes is 2. The standard InChI is InChI=1S/C18H33N3O8/c22-7-11-28-15-13-26-9-5-20-17(24)1-3-19-4-2-18(25)21-6-10-27-14-16-29-12-8-23/h7-8,19H,1-6,9-16H2,(H,20,24)(H,21,25)/i7T,8T. The van der Waals surface area contributed by atoms with Crippen LogP contribution >= 0.6 is 0 Å². The predicted molar refractivity (Wildman–Crippen MR) is 104 cm³/mol. The first-order chi connectivity index (χ1) is 14.9.